The van der Waals surface area contributed by atoms with E-state index < -0.39 is 5.92 Å². The van der Waals surface area contributed by atoms with Crippen molar-refractivity contribution in [3.05, 3.63) is 46.6 Å². The molecule has 0 spiro atoms. The molecule has 0 radical (unpaired) electrons. The van der Waals surface area contributed by atoms with E-state index >= 15 is 0 Å². The third-order valence-corrected chi connectivity index (χ3v) is 6.00. The molecule has 1 aliphatic carbocycles. The first-order valence-electron chi connectivity index (χ1n) is 10.3. The van der Waals surface area contributed by atoms with Crippen LogP contribution in [0, 0.1) is 0 Å². The smallest absolute Gasteiger partial charge is 0.289 e. The van der Waals surface area contributed by atoms with Gasteiger partial charge in [0.1, 0.15) is 11.1 Å². The van der Waals surface area contributed by atoms with E-state index in [1.807, 2.05) is 6.92 Å². The number of aromatic nitrogens is 3. The quantitative estimate of drug-likeness (QED) is 0.405. The zero-order valence-corrected chi connectivity index (χ0v) is 18.0. The molecule has 168 valence electrons. The van der Waals surface area contributed by atoms with E-state index in [0.29, 0.717) is 28.7 Å². The van der Waals surface area contributed by atoms with Crippen LogP contribution in [0.25, 0.3) is 21.9 Å². The number of aryl methyl sites for hydroxylation is 1. The topological polar surface area (TPSA) is 102 Å². The number of furan rings is 1. The average molecular weight is 472 g/mol. The highest BCUT2D eigenvalue weighted by Crippen LogP contribution is 2.46. The summed E-state index contributed by atoms with van der Waals surface area (Å²) in [5.74, 6) is -3.41. The first kappa shape index (κ1) is 20.1. The van der Waals surface area contributed by atoms with Crippen LogP contribution in [-0.4, -0.2) is 33.4 Å². The lowest BCUT2D eigenvalue weighted by molar-refractivity contribution is -0.00397. The second kappa shape index (κ2) is 6.98. The van der Waals surface area contributed by atoms with Crippen LogP contribution in [0.4, 0.5) is 14.5 Å². The van der Waals surface area contributed by atoms with E-state index in [2.05, 4.69) is 25.6 Å². The van der Waals surface area contributed by atoms with Gasteiger partial charge in [0.05, 0.1) is 22.3 Å². The fourth-order valence-electron chi connectivity index (χ4n) is 4.34. The van der Waals surface area contributed by atoms with Gasteiger partial charge < -0.3 is 19.8 Å². The van der Waals surface area contributed by atoms with Crippen LogP contribution in [0.5, 0.6) is 11.8 Å². The minimum absolute atomic E-state index is 0.0669. The van der Waals surface area contributed by atoms with E-state index in [1.165, 1.54) is 0 Å². The van der Waals surface area contributed by atoms with Crippen molar-refractivity contribution < 1.29 is 22.7 Å². The SMILES string of the molecule is CC1CNc2c(oc3ccc4nc(Oc5nc(Cl)nc6c5C(F)(F)CC6)ccc4c23)C(=O)N1. The summed E-state index contributed by atoms with van der Waals surface area (Å²) in [4.78, 5) is 24.8. The summed E-state index contributed by atoms with van der Waals surface area (Å²) in [6.07, 6.45) is -0.281. The van der Waals surface area contributed by atoms with E-state index in [9.17, 15) is 13.6 Å². The zero-order valence-electron chi connectivity index (χ0n) is 17.2. The van der Waals surface area contributed by atoms with E-state index in [1.54, 1.807) is 24.3 Å². The Bertz CT molecular complexity index is 1470. The second-order valence-electron chi connectivity index (χ2n) is 8.14. The van der Waals surface area contributed by atoms with Crippen LogP contribution in [0.1, 0.15) is 35.2 Å². The van der Waals surface area contributed by atoms with Crippen LogP contribution in [0.15, 0.2) is 28.7 Å². The highest BCUT2D eigenvalue weighted by molar-refractivity contribution is 6.28. The number of ether oxygens (including phenoxy) is 1. The minimum Gasteiger partial charge on any atom is -0.449 e. The summed E-state index contributed by atoms with van der Waals surface area (Å²) in [5.41, 5.74) is 1.48. The summed E-state index contributed by atoms with van der Waals surface area (Å²) in [5, 5.41) is 7.39. The largest absolute Gasteiger partial charge is 0.449 e. The molecule has 1 unspecified atom stereocenters. The van der Waals surface area contributed by atoms with E-state index in [4.69, 9.17) is 20.8 Å². The van der Waals surface area contributed by atoms with Crippen LogP contribution in [0.2, 0.25) is 5.28 Å². The lowest BCUT2D eigenvalue weighted by Crippen LogP contribution is -2.34. The number of carbonyl (C=O) groups excluding carboxylic acids is 1. The van der Waals surface area contributed by atoms with Gasteiger partial charge in [-0.25, -0.2) is 18.7 Å². The van der Waals surface area contributed by atoms with Crippen LogP contribution in [0.3, 0.4) is 0 Å². The number of carbonyl (C=O) groups is 1. The Hall–Kier alpha value is -3.53. The van der Waals surface area contributed by atoms with Crippen molar-refractivity contribution >= 4 is 45.1 Å². The van der Waals surface area contributed by atoms with Gasteiger partial charge in [0.25, 0.3) is 11.8 Å². The van der Waals surface area contributed by atoms with Crippen LogP contribution in [-0.2, 0) is 12.3 Å². The Labute approximate surface area is 190 Å². The molecule has 0 bridgehead atoms. The van der Waals surface area contributed by atoms with Gasteiger partial charge in [-0.1, -0.05) is 0 Å². The monoisotopic (exact) mass is 471 g/mol. The van der Waals surface area contributed by atoms with Gasteiger partial charge >= 0.3 is 0 Å². The Balaban J connectivity index is 1.45. The van der Waals surface area contributed by atoms with Gasteiger partial charge in [-0.05, 0) is 43.1 Å². The highest BCUT2D eigenvalue weighted by Gasteiger charge is 2.44. The molecule has 3 aromatic heterocycles. The summed E-state index contributed by atoms with van der Waals surface area (Å²) in [7, 11) is 0. The third kappa shape index (κ3) is 3.16. The molecule has 0 fully saturated rings. The normalized spacial score (nSPS) is 19.0. The van der Waals surface area contributed by atoms with Gasteiger partial charge in [0.2, 0.25) is 22.8 Å². The van der Waals surface area contributed by atoms with Crippen molar-refractivity contribution in [1.82, 2.24) is 20.3 Å². The number of alkyl halides is 2. The number of nitrogens with zero attached hydrogens (tertiary/aromatic N) is 3. The molecule has 2 N–H and O–H groups in total. The molecule has 2 aliphatic rings. The number of halogens is 3. The lowest BCUT2D eigenvalue weighted by atomic mass is 10.1. The maximum atomic E-state index is 14.4. The predicted octanol–water partition coefficient (Wildman–Crippen LogP) is 4.80. The van der Waals surface area contributed by atoms with Gasteiger partial charge in [0.15, 0.2) is 0 Å². The van der Waals surface area contributed by atoms with Crippen LogP contribution >= 0.6 is 11.6 Å². The number of benzene rings is 1. The van der Waals surface area contributed by atoms with Crippen LogP contribution < -0.4 is 15.4 Å². The number of amides is 1. The van der Waals surface area contributed by atoms with Crippen molar-refractivity contribution in [3.8, 4) is 11.8 Å². The van der Waals surface area contributed by atoms with Crippen molar-refractivity contribution in [2.75, 3.05) is 11.9 Å². The summed E-state index contributed by atoms with van der Waals surface area (Å²) < 4.78 is 40.3. The standard InChI is InChI=1S/C22H16ClF2N5O3/c1-9-8-26-17-15-10-2-5-14(28-11(10)3-4-13(15)32-18(17)19(31)27-9)33-20-16-12(29-21(23)30-20)6-7-22(16,24)25/h2-5,9,26H,6-8H2,1H3,(H,27,31). The molecule has 1 aliphatic heterocycles. The number of hydrogen-bond donors (Lipinski definition) is 2. The Morgan fingerprint density at radius 2 is 2.06 bits per heavy atom. The number of nitrogens with one attached hydrogen (secondary N) is 2. The maximum absolute atomic E-state index is 14.4. The van der Waals surface area contributed by atoms with Crippen molar-refractivity contribution in [3.63, 3.8) is 0 Å². The molecule has 8 nitrogen and oxygen atoms in total. The first-order valence-corrected chi connectivity index (χ1v) is 10.7. The summed E-state index contributed by atoms with van der Waals surface area (Å²) in [6.45, 7) is 2.42. The summed E-state index contributed by atoms with van der Waals surface area (Å²) in [6, 6.07) is 6.64. The first-order chi connectivity index (χ1) is 15.8. The molecule has 33 heavy (non-hydrogen) atoms. The average Bonchev–Trinajstić information content (AvgIpc) is 3.24. The second-order valence-corrected chi connectivity index (χ2v) is 8.48. The molecular weight excluding hydrogens is 456 g/mol. The molecular formula is C22H16ClF2N5O3. The third-order valence-electron chi connectivity index (χ3n) is 5.83. The summed E-state index contributed by atoms with van der Waals surface area (Å²) >= 11 is 5.92. The molecule has 0 saturated carbocycles. The number of rotatable bonds is 2. The van der Waals surface area contributed by atoms with Gasteiger partial charge in [-0.3, -0.25) is 4.79 Å². The fraction of sp³-hybridized carbons (Fsp3) is 0.273. The molecule has 0 saturated heterocycles. The molecule has 4 heterocycles. The fourth-order valence-corrected chi connectivity index (χ4v) is 4.52. The highest BCUT2D eigenvalue weighted by atomic mass is 35.5. The van der Waals surface area contributed by atoms with Crippen molar-refractivity contribution in [2.45, 2.75) is 31.7 Å². The maximum Gasteiger partial charge on any atom is 0.289 e. The number of pyridine rings is 1. The zero-order chi connectivity index (χ0) is 22.9. The number of anilines is 1. The molecule has 11 heteroatoms. The molecule has 1 amide bonds. The minimum atomic E-state index is -3.10. The van der Waals surface area contributed by atoms with Gasteiger partial charge in [-0.2, -0.15) is 4.98 Å². The molecule has 1 aromatic carbocycles. The lowest BCUT2D eigenvalue weighted by Gasteiger charge is -2.14. The number of fused-ring (bicyclic) bond motifs is 6. The van der Waals surface area contributed by atoms with E-state index in [0.717, 1.165) is 5.39 Å². The van der Waals surface area contributed by atoms with Gasteiger partial charge in [0, 0.05) is 30.5 Å². The van der Waals surface area contributed by atoms with E-state index in [-0.39, 0.29) is 58.9 Å². The van der Waals surface area contributed by atoms with Crippen molar-refractivity contribution in [2.24, 2.45) is 0 Å². The molecule has 1 atom stereocenters. The predicted molar refractivity (Wildman–Crippen MR) is 116 cm³/mol. The molecule has 4 aromatic rings. The van der Waals surface area contributed by atoms with Gasteiger partial charge in [-0.15, -0.1) is 0 Å². The Morgan fingerprint density at radius 3 is 2.91 bits per heavy atom. The number of hydrogen-bond acceptors (Lipinski definition) is 7. The molecule has 6 rings (SSSR count). The van der Waals surface area contributed by atoms with Crippen molar-refractivity contribution in [1.29, 1.82) is 0 Å². The Morgan fingerprint density at radius 1 is 1.21 bits per heavy atom. The Kier molecular flexibility index (Phi) is 4.25.